The van der Waals surface area contributed by atoms with E-state index in [0.717, 1.165) is 43.1 Å². The number of hydrogen-bond donors (Lipinski definition) is 1. The van der Waals surface area contributed by atoms with Crippen LogP contribution in [-0.4, -0.2) is 29.9 Å². The first-order valence-corrected chi connectivity index (χ1v) is 8.41. The summed E-state index contributed by atoms with van der Waals surface area (Å²) in [6.45, 7) is 2.95. The molecule has 1 aliphatic heterocycles. The van der Waals surface area contributed by atoms with Crippen LogP contribution in [0.4, 0.5) is 0 Å². The van der Waals surface area contributed by atoms with Gasteiger partial charge in [-0.25, -0.2) is 0 Å². The second-order valence-corrected chi connectivity index (χ2v) is 6.45. The summed E-state index contributed by atoms with van der Waals surface area (Å²) in [5.41, 5.74) is 2.01. The molecule has 0 unspecified atom stereocenters. The Hall–Kier alpha value is -1.84. The van der Waals surface area contributed by atoms with Crippen LogP contribution < -0.4 is 5.32 Å². The highest BCUT2D eigenvalue weighted by Crippen LogP contribution is 2.16. The van der Waals surface area contributed by atoms with E-state index in [1.165, 1.54) is 5.56 Å². The van der Waals surface area contributed by atoms with Gasteiger partial charge in [0.2, 0.25) is 0 Å². The van der Waals surface area contributed by atoms with Gasteiger partial charge in [-0.3, -0.25) is 9.69 Å². The standard InChI is InChI=1S/C19H21ClN2O/c20-17-8-6-15(7-9-17)14-22-12-10-18(11-13-22)21-19(23)16-4-2-1-3-5-16/h1-9,18H,10-14H2,(H,21,23). The van der Waals surface area contributed by atoms with Crippen molar-refractivity contribution < 1.29 is 4.79 Å². The third kappa shape index (κ3) is 4.57. The van der Waals surface area contributed by atoms with Gasteiger partial charge in [-0.15, -0.1) is 0 Å². The predicted octanol–water partition coefficient (Wildman–Crippen LogP) is 3.73. The average Bonchev–Trinajstić information content (AvgIpc) is 2.59. The molecule has 3 nitrogen and oxygen atoms in total. The molecule has 0 bridgehead atoms. The quantitative estimate of drug-likeness (QED) is 0.927. The largest absolute Gasteiger partial charge is 0.349 e. The summed E-state index contributed by atoms with van der Waals surface area (Å²) in [6, 6.07) is 17.7. The van der Waals surface area contributed by atoms with Crippen molar-refractivity contribution in [3.05, 3.63) is 70.7 Å². The summed E-state index contributed by atoms with van der Waals surface area (Å²) in [6.07, 6.45) is 1.98. The maximum absolute atomic E-state index is 12.2. The number of nitrogens with one attached hydrogen (secondary N) is 1. The van der Waals surface area contributed by atoms with Crippen LogP contribution >= 0.6 is 11.6 Å². The van der Waals surface area contributed by atoms with Gasteiger partial charge in [0.25, 0.3) is 5.91 Å². The molecule has 4 heteroatoms. The van der Waals surface area contributed by atoms with Crippen LogP contribution in [0.15, 0.2) is 54.6 Å². The Morgan fingerprint density at radius 3 is 2.35 bits per heavy atom. The van der Waals surface area contributed by atoms with E-state index in [0.29, 0.717) is 0 Å². The van der Waals surface area contributed by atoms with Gasteiger partial charge in [0, 0.05) is 36.3 Å². The Balaban J connectivity index is 1.47. The number of benzene rings is 2. The average molecular weight is 329 g/mol. The molecular formula is C19H21ClN2O. The SMILES string of the molecule is O=C(NC1CCN(Cc2ccc(Cl)cc2)CC1)c1ccccc1. The van der Waals surface area contributed by atoms with Gasteiger partial charge in [-0.05, 0) is 42.7 Å². The molecule has 1 heterocycles. The van der Waals surface area contributed by atoms with Crippen molar-refractivity contribution in [2.24, 2.45) is 0 Å². The van der Waals surface area contributed by atoms with Gasteiger partial charge in [0.15, 0.2) is 0 Å². The minimum Gasteiger partial charge on any atom is -0.349 e. The Bertz CT molecular complexity index is 634. The Morgan fingerprint density at radius 2 is 1.70 bits per heavy atom. The van der Waals surface area contributed by atoms with Crippen molar-refractivity contribution in [1.29, 1.82) is 0 Å². The molecule has 1 amide bonds. The van der Waals surface area contributed by atoms with Crippen molar-refractivity contribution in [1.82, 2.24) is 10.2 Å². The first-order chi connectivity index (χ1) is 11.2. The van der Waals surface area contributed by atoms with Crippen molar-refractivity contribution in [3.8, 4) is 0 Å². The van der Waals surface area contributed by atoms with Crippen LogP contribution in [0.2, 0.25) is 5.02 Å². The van der Waals surface area contributed by atoms with Crippen LogP contribution in [-0.2, 0) is 6.54 Å². The van der Waals surface area contributed by atoms with Gasteiger partial charge >= 0.3 is 0 Å². The maximum atomic E-state index is 12.2. The van der Waals surface area contributed by atoms with Gasteiger partial charge in [0.1, 0.15) is 0 Å². The van der Waals surface area contributed by atoms with Crippen LogP contribution in [0.1, 0.15) is 28.8 Å². The summed E-state index contributed by atoms with van der Waals surface area (Å²) in [5, 5.41) is 3.92. The summed E-state index contributed by atoms with van der Waals surface area (Å²) in [4.78, 5) is 14.6. The van der Waals surface area contributed by atoms with Gasteiger partial charge in [0.05, 0.1) is 0 Å². The molecule has 0 atom stereocenters. The third-order valence-corrected chi connectivity index (χ3v) is 4.53. The number of rotatable bonds is 4. The van der Waals surface area contributed by atoms with E-state index in [9.17, 15) is 4.79 Å². The van der Waals surface area contributed by atoms with Gasteiger partial charge in [-0.1, -0.05) is 41.9 Å². The fourth-order valence-corrected chi connectivity index (χ4v) is 3.07. The lowest BCUT2D eigenvalue weighted by atomic mass is 10.0. The Kier molecular flexibility index (Phi) is 5.31. The molecule has 0 radical (unpaired) electrons. The fourth-order valence-electron chi connectivity index (χ4n) is 2.94. The van der Waals surface area contributed by atoms with E-state index < -0.39 is 0 Å². The van der Waals surface area contributed by atoms with E-state index in [1.54, 1.807) is 0 Å². The fraction of sp³-hybridized carbons (Fsp3) is 0.316. The van der Waals surface area contributed by atoms with Gasteiger partial charge < -0.3 is 5.32 Å². The number of piperidine rings is 1. The molecular weight excluding hydrogens is 308 g/mol. The lowest BCUT2D eigenvalue weighted by Gasteiger charge is -2.32. The lowest BCUT2D eigenvalue weighted by molar-refractivity contribution is 0.0909. The van der Waals surface area contributed by atoms with Crippen molar-refractivity contribution in [2.75, 3.05) is 13.1 Å². The van der Waals surface area contributed by atoms with Crippen LogP contribution in [0.5, 0.6) is 0 Å². The summed E-state index contributed by atoms with van der Waals surface area (Å²) in [5.74, 6) is 0.0294. The van der Waals surface area contributed by atoms with Gasteiger partial charge in [-0.2, -0.15) is 0 Å². The molecule has 1 N–H and O–H groups in total. The Morgan fingerprint density at radius 1 is 1.04 bits per heavy atom. The molecule has 23 heavy (non-hydrogen) atoms. The molecule has 3 rings (SSSR count). The molecule has 0 aromatic heterocycles. The molecule has 2 aromatic rings. The second kappa shape index (κ2) is 7.62. The van der Waals surface area contributed by atoms with E-state index in [1.807, 2.05) is 42.5 Å². The van der Waals surface area contributed by atoms with Crippen LogP contribution in [0, 0.1) is 0 Å². The third-order valence-electron chi connectivity index (χ3n) is 4.28. The molecule has 2 aromatic carbocycles. The monoisotopic (exact) mass is 328 g/mol. The second-order valence-electron chi connectivity index (χ2n) is 6.02. The molecule has 0 spiro atoms. The highest BCUT2D eigenvalue weighted by Gasteiger charge is 2.21. The van der Waals surface area contributed by atoms with E-state index in [-0.39, 0.29) is 11.9 Å². The zero-order valence-corrected chi connectivity index (χ0v) is 13.8. The van der Waals surface area contributed by atoms with Crippen LogP contribution in [0.3, 0.4) is 0 Å². The normalized spacial score (nSPS) is 16.2. The number of nitrogens with zero attached hydrogens (tertiary/aromatic N) is 1. The zero-order chi connectivity index (χ0) is 16.1. The molecule has 1 aliphatic rings. The van der Waals surface area contributed by atoms with Crippen molar-refractivity contribution >= 4 is 17.5 Å². The van der Waals surface area contributed by atoms with Crippen molar-refractivity contribution in [3.63, 3.8) is 0 Å². The van der Waals surface area contributed by atoms with Crippen molar-refractivity contribution in [2.45, 2.75) is 25.4 Å². The number of carbonyl (C=O) groups is 1. The minimum absolute atomic E-state index is 0.0294. The number of carbonyl (C=O) groups excluding carboxylic acids is 1. The number of hydrogen-bond acceptors (Lipinski definition) is 2. The summed E-state index contributed by atoms with van der Waals surface area (Å²) >= 11 is 5.92. The smallest absolute Gasteiger partial charge is 0.251 e. The predicted molar refractivity (Wildman–Crippen MR) is 93.7 cm³/mol. The molecule has 0 saturated carbocycles. The maximum Gasteiger partial charge on any atom is 0.251 e. The Labute approximate surface area is 142 Å². The summed E-state index contributed by atoms with van der Waals surface area (Å²) < 4.78 is 0. The summed E-state index contributed by atoms with van der Waals surface area (Å²) in [7, 11) is 0. The topological polar surface area (TPSA) is 32.3 Å². The van der Waals surface area contributed by atoms with E-state index >= 15 is 0 Å². The highest BCUT2D eigenvalue weighted by atomic mass is 35.5. The first kappa shape index (κ1) is 16.0. The molecule has 120 valence electrons. The molecule has 1 saturated heterocycles. The highest BCUT2D eigenvalue weighted by molar-refractivity contribution is 6.30. The number of likely N-dealkylation sites (tertiary alicyclic amines) is 1. The molecule has 0 aliphatic carbocycles. The van der Waals surface area contributed by atoms with E-state index in [2.05, 4.69) is 22.3 Å². The zero-order valence-electron chi connectivity index (χ0n) is 13.0. The number of amides is 1. The number of halogens is 1. The van der Waals surface area contributed by atoms with Crippen LogP contribution in [0.25, 0.3) is 0 Å². The first-order valence-electron chi connectivity index (χ1n) is 8.03. The van der Waals surface area contributed by atoms with E-state index in [4.69, 9.17) is 11.6 Å². The minimum atomic E-state index is 0.0294. The lowest BCUT2D eigenvalue weighted by Crippen LogP contribution is -2.44. The molecule has 1 fully saturated rings.